The van der Waals surface area contributed by atoms with Crippen molar-refractivity contribution in [2.75, 3.05) is 0 Å². The van der Waals surface area contributed by atoms with E-state index >= 15 is 0 Å². The number of amides is 3. The lowest BCUT2D eigenvalue weighted by atomic mass is 9.96. The third-order valence-electron chi connectivity index (χ3n) is 5.24. The van der Waals surface area contributed by atoms with E-state index in [1.54, 1.807) is 25.7 Å². The molecule has 0 aliphatic carbocycles. The van der Waals surface area contributed by atoms with E-state index in [-0.39, 0.29) is 29.8 Å². The molecule has 186 valence electrons. The number of benzene rings is 1. The lowest BCUT2D eigenvalue weighted by molar-refractivity contribution is -0.146. The molecule has 0 spiro atoms. The molecule has 0 saturated carbocycles. The number of hydrogen-bond acceptors (Lipinski definition) is 4. The molecule has 0 aliphatic rings. The molecule has 0 bridgehead atoms. The molecule has 3 unspecified atom stereocenters. The number of aryl methyl sites for hydroxylation is 1. The van der Waals surface area contributed by atoms with Crippen molar-refractivity contribution in [3.05, 3.63) is 35.4 Å². The fourth-order valence-electron chi connectivity index (χ4n) is 3.55. The minimum Gasteiger partial charge on any atom is -0.444 e. The van der Waals surface area contributed by atoms with Crippen molar-refractivity contribution in [2.24, 2.45) is 5.92 Å². The van der Waals surface area contributed by atoms with E-state index in [9.17, 15) is 14.4 Å². The normalized spacial score (nSPS) is 14.4. The minimum absolute atomic E-state index is 0.0838. The van der Waals surface area contributed by atoms with Crippen LogP contribution in [-0.4, -0.2) is 46.5 Å². The molecule has 3 amide bonds. The highest BCUT2D eigenvalue weighted by Crippen LogP contribution is 2.28. The fourth-order valence-corrected chi connectivity index (χ4v) is 3.55. The Labute approximate surface area is 199 Å². The maximum Gasteiger partial charge on any atom is 0.408 e. The molecule has 0 saturated heterocycles. The number of rotatable bonds is 9. The van der Waals surface area contributed by atoms with Gasteiger partial charge in [-0.15, -0.1) is 0 Å². The average Bonchev–Trinajstić information content (AvgIpc) is 2.66. The molecule has 0 heterocycles. The second kappa shape index (κ2) is 12.1. The summed E-state index contributed by atoms with van der Waals surface area (Å²) in [6.07, 6.45) is -0.00215. The molecule has 7 nitrogen and oxygen atoms in total. The van der Waals surface area contributed by atoms with Gasteiger partial charge in [0.25, 0.3) is 0 Å². The Morgan fingerprint density at radius 3 is 2.09 bits per heavy atom. The van der Waals surface area contributed by atoms with Crippen molar-refractivity contribution in [1.29, 1.82) is 0 Å². The third kappa shape index (κ3) is 8.71. The number of carbonyl (C=O) groups is 3. The highest BCUT2D eigenvalue weighted by molar-refractivity contribution is 5.92. The van der Waals surface area contributed by atoms with Crippen LogP contribution in [0.1, 0.15) is 85.9 Å². The Morgan fingerprint density at radius 1 is 1.03 bits per heavy atom. The number of ether oxygens (including phenoxy) is 1. The first-order valence-electron chi connectivity index (χ1n) is 11.9. The molecule has 0 aromatic heterocycles. The van der Waals surface area contributed by atoms with Gasteiger partial charge < -0.3 is 20.3 Å². The summed E-state index contributed by atoms with van der Waals surface area (Å²) in [5.41, 5.74) is 1.05. The topological polar surface area (TPSA) is 87.7 Å². The molecule has 33 heavy (non-hydrogen) atoms. The van der Waals surface area contributed by atoms with E-state index in [0.29, 0.717) is 6.42 Å². The van der Waals surface area contributed by atoms with Gasteiger partial charge in [-0.25, -0.2) is 4.79 Å². The molecule has 3 atom stereocenters. The van der Waals surface area contributed by atoms with Gasteiger partial charge in [0.05, 0.1) is 0 Å². The van der Waals surface area contributed by atoms with Crippen molar-refractivity contribution in [2.45, 2.75) is 105 Å². The summed E-state index contributed by atoms with van der Waals surface area (Å²) in [4.78, 5) is 41.5. The van der Waals surface area contributed by atoms with Crippen molar-refractivity contribution in [3.63, 3.8) is 0 Å². The summed E-state index contributed by atoms with van der Waals surface area (Å²) in [6.45, 7) is 18.7. The van der Waals surface area contributed by atoms with Crippen molar-refractivity contribution in [3.8, 4) is 0 Å². The van der Waals surface area contributed by atoms with Gasteiger partial charge in [-0.3, -0.25) is 9.59 Å². The van der Waals surface area contributed by atoms with Crippen molar-refractivity contribution >= 4 is 17.9 Å². The molecule has 1 aromatic carbocycles. The van der Waals surface area contributed by atoms with Crippen LogP contribution in [0.4, 0.5) is 4.79 Å². The van der Waals surface area contributed by atoms with Crippen LogP contribution in [0.2, 0.25) is 0 Å². The summed E-state index contributed by atoms with van der Waals surface area (Å²) < 4.78 is 5.40. The second-order valence-corrected chi connectivity index (χ2v) is 10.4. The van der Waals surface area contributed by atoms with E-state index in [0.717, 1.165) is 11.1 Å². The lowest BCUT2D eigenvalue weighted by Gasteiger charge is -2.39. The smallest absolute Gasteiger partial charge is 0.408 e. The Hall–Kier alpha value is -2.57. The van der Waals surface area contributed by atoms with Gasteiger partial charge in [0.15, 0.2) is 0 Å². The molecular weight excluding hydrogens is 418 g/mol. The van der Waals surface area contributed by atoms with E-state index in [1.807, 2.05) is 72.7 Å². The monoisotopic (exact) mass is 461 g/mol. The van der Waals surface area contributed by atoms with Crippen LogP contribution in [0.3, 0.4) is 0 Å². The van der Waals surface area contributed by atoms with Crippen molar-refractivity contribution in [1.82, 2.24) is 15.5 Å². The zero-order chi connectivity index (χ0) is 25.5. The molecule has 2 N–H and O–H groups in total. The van der Waals surface area contributed by atoms with Crippen LogP contribution in [-0.2, 0) is 14.3 Å². The lowest BCUT2D eigenvalue weighted by Crippen LogP contribution is -2.57. The van der Waals surface area contributed by atoms with E-state index in [2.05, 4.69) is 10.6 Å². The first-order chi connectivity index (χ1) is 15.2. The van der Waals surface area contributed by atoms with E-state index < -0.39 is 23.8 Å². The molecule has 0 radical (unpaired) electrons. The maximum atomic E-state index is 14.0. The van der Waals surface area contributed by atoms with Gasteiger partial charge in [0, 0.05) is 12.1 Å². The molecule has 0 aliphatic heterocycles. The molecule has 0 fully saturated rings. The predicted molar refractivity (Wildman–Crippen MR) is 132 cm³/mol. The highest BCUT2D eigenvalue weighted by atomic mass is 16.6. The van der Waals surface area contributed by atoms with Gasteiger partial charge in [-0.05, 0) is 66.4 Å². The van der Waals surface area contributed by atoms with Gasteiger partial charge in [-0.2, -0.15) is 0 Å². The number of nitrogens with one attached hydrogen (secondary N) is 2. The first-order valence-corrected chi connectivity index (χ1v) is 11.9. The maximum absolute atomic E-state index is 14.0. The standard InChI is InChI=1S/C26H43N3O4/c1-11-19(7)29(24(31)21(16(2)3)28-25(32)33-26(8,9)10)22(23(30)27-17(4)5)20-14-12-13-18(6)15-20/h12-17,19,21-22H,11H2,1-10H3,(H,27,30)(H,28,32). The number of hydrogen-bond donors (Lipinski definition) is 2. The Balaban J connectivity index is 3.49. The summed E-state index contributed by atoms with van der Waals surface area (Å²) >= 11 is 0. The summed E-state index contributed by atoms with van der Waals surface area (Å²) in [5.74, 6) is -0.762. The van der Waals surface area contributed by atoms with Gasteiger partial charge >= 0.3 is 6.09 Å². The summed E-state index contributed by atoms with van der Waals surface area (Å²) in [6, 6.07) is 5.66. The van der Waals surface area contributed by atoms with Crippen molar-refractivity contribution < 1.29 is 19.1 Å². The number of alkyl carbamates (subject to hydrolysis) is 1. The van der Waals surface area contributed by atoms with Gasteiger partial charge in [-0.1, -0.05) is 50.6 Å². The van der Waals surface area contributed by atoms with Crippen LogP contribution in [0.15, 0.2) is 24.3 Å². The Morgan fingerprint density at radius 2 is 1.64 bits per heavy atom. The number of carbonyl (C=O) groups excluding carboxylic acids is 3. The first kappa shape index (κ1) is 28.5. The predicted octanol–water partition coefficient (Wildman–Crippen LogP) is 4.74. The average molecular weight is 462 g/mol. The van der Waals surface area contributed by atoms with Gasteiger partial charge in [0.1, 0.15) is 17.7 Å². The number of nitrogens with zero attached hydrogens (tertiary/aromatic N) is 1. The largest absolute Gasteiger partial charge is 0.444 e. The SMILES string of the molecule is CCC(C)N(C(=O)C(NC(=O)OC(C)(C)C)C(C)C)C(C(=O)NC(C)C)c1cccc(C)c1. The van der Waals surface area contributed by atoms with Crippen LogP contribution in [0.5, 0.6) is 0 Å². The Bertz CT molecular complexity index is 814. The van der Waals surface area contributed by atoms with Crippen LogP contribution in [0, 0.1) is 12.8 Å². The quantitative estimate of drug-likeness (QED) is 0.556. The van der Waals surface area contributed by atoms with Crippen LogP contribution in [0.25, 0.3) is 0 Å². The summed E-state index contributed by atoms with van der Waals surface area (Å²) in [7, 11) is 0. The van der Waals surface area contributed by atoms with Crippen LogP contribution < -0.4 is 10.6 Å². The van der Waals surface area contributed by atoms with E-state index in [1.165, 1.54) is 0 Å². The molecule has 1 aromatic rings. The zero-order valence-electron chi connectivity index (χ0n) is 22.0. The van der Waals surface area contributed by atoms with Gasteiger partial charge in [0.2, 0.25) is 11.8 Å². The highest BCUT2D eigenvalue weighted by Gasteiger charge is 2.39. The fraction of sp³-hybridized carbons (Fsp3) is 0.654. The molecule has 7 heteroatoms. The molecule has 1 rings (SSSR count). The van der Waals surface area contributed by atoms with E-state index in [4.69, 9.17) is 4.74 Å². The Kier molecular flexibility index (Phi) is 10.4. The molecular formula is C26H43N3O4. The third-order valence-corrected chi connectivity index (χ3v) is 5.24. The summed E-state index contributed by atoms with van der Waals surface area (Å²) in [5, 5.41) is 5.72. The minimum atomic E-state index is -0.840. The van der Waals surface area contributed by atoms with Crippen LogP contribution >= 0.6 is 0 Å². The second-order valence-electron chi connectivity index (χ2n) is 10.4. The zero-order valence-corrected chi connectivity index (χ0v) is 22.0.